The number of fused-ring (bicyclic) bond motifs is 6. The minimum atomic E-state index is -0.833. The Kier molecular flexibility index (Phi) is 8.26. The van der Waals surface area contributed by atoms with Crippen LogP contribution in [-0.4, -0.2) is 72.8 Å². The molecule has 1 N–H and O–H groups in total. The van der Waals surface area contributed by atoms with Crippen LogP contribution in [0.2, 0.25) is 0 Å². The number of methoxy groups -OCH3 is 2. The smallest absolute Gasteiger partial charge is 0.257 e. The summed E-state index contributed by atoms with van der Waals surface area (Å²) >= 11 is 0. The van der Waals surface area contributed by atoms with Gasteiger partial charge in [0.15, 0.2) is 23.0 Å². The van der Waals surface area contributed by atoms with E-state index in [1.165, 1.54) is 16.7 Å². The fraction of sp³-hybridized carbons (Fsp3) is 0.308. The van der Waals surface area contributed by atoms with Crippen LogP contribution in [0.15, 0.2) is 82.8 Å². The topological polar surface area (TPSA) is 105 Å². The average molecular weight is 659 g/mol. The molecule has 0 aromatic heterocycles. The maximum absolute atomic E-state index is 13.7. The van der Waals surface area contributed by atoms with Gasteiger partial charge in [0.25, 0.3) is 5.91 Å². The summed E-state index contributed by atoms with van der Waals surface area (Å²) in [5.41, 5.74) is 7.30. The summed E-state index contributed by atoms with van der Waals surface area (Å²) in [6.07, 6.45) is 5.04. The molecule has 10 nitrogen and oxygen atoms in total. The molecule has 0 fully saturated rings. The molecule has 0 spiro atoms. The Hall–Kier alpha value is -5.19. The van der Waals surface area contributed by atoms with Crippen molar-refractivity contribution in [1.29, 1.82) is 0 Å². The van der Waals surface area contributed by atoms with Gasteiger partial charge in [-0.3, -0.25) is 19.7 Å². The van der Waals surface area contributed by atoms with Gasteiger partial charge in [0, 0.05) is 49.6 Å². The van der Waals surface area contributed by atoms with E-state index in [9.17, 15) is 9.90 Å². The number of nitrogens with zero attached hydrogens (tertiary/aromatic N) is 4. The molecule has 10 heteroatoms. The number of aliphatic hydroxyl groups excluding tert-OH is 1. The molecule has 8 rings (SSSR count). The predicted octanol–water partition coefficient (Wildman–Crippen LogP) is 5.97. The van der Waals surface area contributed by atoms with Crippen molar-refractivity contribution in [3.63, 3.8) is 0 Å². The molecule has 3 atom stereocenters. The van der Waals surface area contributed by atoms with E-state index in [1.54, 1.807) is 26.4 Å². The normalized spacial score (nSPS) is 20.4. The van der Waals surface area contributed by atoms with Crippen molar-refractivity contribution < 1.29 is 28.8 Å². The molecule has 4 aliphatic heterocycles. The van der Waals surface area contributed by atoms with E-state index in [0.717, 1.165) is 18.4 Å². The third kappa shape index (κ3) is 5.81. The van der Waals surface area contributed by atoms with E-state index in [4.69, 9.17) is 28.9 Å². The van der Waals surface area contributed by atoms with Crippen LogP contribution in [0.3, 0.4) is 0 Å². The quantitative estimate of drug-likeness (QED) is 0.233. The first kappa shape index (κ1) is 31.1. The minimum absolute atomic E-state index is 0.0163. The summed E-state index contributed by atoms with van der Waals surface area (Å²) in [5.74, 6) is 1.99. The molecule has 1 amide bonds. The highest BCUT2D eigenvalue weighted by molar-refractivity contribution is 6.03. The van der Waals surface area contributed by atoms with Crippen LogP contribution in [0.25, 0.3) is 0 Å². The van der Waals surface area contributed by atoms with Gasteiger partial charge in [-0.2, -0.15) is 0 Å². The van der Waals surface area contributed by atoms with Gasteiger partial charge in [-0.05, 0) is 47.2 Å². The van der Waals surface area contributed by atoms with E-state index < -0.39 is 6.23 Å². The largest absolute Gasteiger partial charge is 0.493 e. The molecule has 3 unspecified atom stereocenters. The first-order chi connectivity index (χ1) is 24.0. The van der Waals surface area contributed by atoms with E-state index in [2.05, 4.69) is 35.2 Å². The van der Waals surface area contributed by atoms with E-state index >= 15 is 0 Å². The second-order valence-corrected chi connectivity index (χ2v) is 12.7. The predicted molar refractivity (Wildman–Crippen MR) is 186 cm³/mol. The lowest BCUT2D eigenvalue weighted by Gasteiger charge is -2.37. The van der Waals surface area contributed by atoms with Gasteiger partial charge in [-0.15, -0.1) is 0 Å². The van der Waals surface area contributed by atoms with Crippen molar-refractivity contribution in [2.24, 2.45) is 9.98 Å². The third-order valence-corrected chi connectivity index (χ3v) is 9.87. The van der Waals surface area contributed by atoms with Crippen molar-refractivity contribution in [2.45, 2.75) is 50.7 Å². The fourth-order valence-corrected chi connectivity index (χ4v) is 7.22. The second-order valence-electron chi connectivity index (χ2n) is 12.7. The number of amides is 1. The van der Waals surface area contributed by atoms with Crippen molar-refractivity contribution >= 4 is 29.7 Å². The Balaban J connectivity index is 0.931. The Morgan fingerprint density at radius 1 is 0.714 bits per heavy atom. The molecule has 0 saturated carbocycles. The van der Waals surface area contributed by atoms with Gasteiger partial charge >= 0.3 is 0 Å². The molecule has 0 bridgehead atoms. The Morgan fingerprint density at radius 3 is 1.98 bits per heavy atom. The lowest BCUT2D eigenvalue weighted by Crippen LogP contribution is -2.44. The second kappa shape index (κ2) is 13.0. The van der Waals surface area contributed by atoms with Gasteiger partial charge in [0.1, 0.15) is 6.23 Å². The summed E-state index contributed by atoms with van der Waals surface area (Å²) in [5, 5.41) is 11.5. The van der Waals surface area contributed by atoms with Crippen LogP contribution in [0, 0.1) is 0 Å². The summed E-state index contributed by atoms with van der Waals surface area (Å²) in [6.45, 7) is 1.88. The van der Waals surface area contributed by atoms with Gasteiger partial charge in [0.2, 0.25) is 0 Å². The van der Waals surface area contributed by atoms with Crippen molar-refractivity contribution in [2.75, 3.05) is 27.4 Å². The zero-order valence-electron chi connectivity index (χ0n) is 27.5. The highest BCUT2D eigenvalue weighted by Gasteiger charge is 2.35. The number of carbonyl (C=O) groups excluding carboxylic acids is 1. The first-order valence-electron chi connectivity index (χ1n) is 16.7. The van der Waals surface area contributed by atoms with Gasteiger partial charge in [-0.25, -0.2) is 0 Å². The highest BCUT2D eigenvalue weighted by atomic mass is 16.5. The molecule has 250 valence electrons. The Labute approximate surface area is 285 Å². The summed E-state index contributed by atoms with van der Waals surface area (Å²) in [6, 6.07) is 23.6. The molecule has 4 aliphatic rings. The van der Waals surface area contributed by atoms with E-state index in [0.29, 0.717) is 78.2 Å². The van der Waals surface area contributed by atoms with Gasteiger partial charge in [-0.1, -0.05) is 48.5 Å². The monoisotopic (exact) mass is 658 g/mol. The lowest BCUT2D eigenvalue weighted by molar-refractivity contribution is -0.0197. The Morgan fingerprint density at radius 2 is 1.29 bits per heavy atom. The maximum atomic E-state index is 13.7. The van der Waals surface area contributed by atoms with Crippen LogP contribution in [0.4, 0.5) is 11.4 Å². The maximum Gasteiger partial charge on any atom is 0.257 e. The number of aliphatic hydroxyl groups is 1. The number of rotatable bonds is 8. The fourth-order valence-electron chi connectivity index (χ4n) is 7.22. The van der Waals surface area contributed by atoms with E-state index in [1.807, 2.05) is 47.7 Å². The molecular formula is C39H38N4O6. The molecule has 0 radical (unpaired) electrons. The molecule has 4 aromatic rings. The van der Waals surface area contributed by atoms with Crippen molar-refractivity contribution in [3.05, 3.63) is 106 Å². The van der Waals surface area contributed by atoms with Crippen molar-refractivity contribution in [3.8, 4) is 23.0 Å². The molecule has 4 aromatic carbocycles. The zero-order valence-corrected chi connectivity index (χ0v) is 27.5. The first-order valence-corrected chi connectivity index (χ1v) is 16.7. The van der Waals surface area contributed by atoms with Crippen LogP contribution >= 0.6 is 0 Å². The van der Waals surface area contributed by atoms with Crippen LogP contribution in [0.5, 0.6) is 23.0 Å². The Bertz CT molecular complexity index is 1980. The molecule has 4 heterocycles. The van der Waals surface area contributed by atoms with E-state index in [-0.39, 0.29) is 18.0 Å². The zero-order chi connectivity index (χ0) is 33.5. The number of carbonyl (C=O) groups is 1. The molecule has 49 heavy (non-hydrogen) atoms. The molecule has 0 saturated heterocycles. The standard InChI is InChI=1S/C39H38N4O6/c1-46-34-16-30-32(40-20-28-14-24-8-3-5-10-26(24)22-42(28)38(30)44)18-36(34)48-12-7-13-49-37-19-33-31(17-35(37)47-2)39(45)43-23-27-11-6-4-9-25(27)15-29(43)21-41-33/h3-6,8-11,16-21,28-29,38,44H,7,12-15,22-23H2,1-2H3. The average Bonchev–Trinajstić information content (AvgIpc) is 3.35. The highest BCUT2D eigenvalue weighted by Crippen LogP contribution is 2.43. The van der Waals surface area contributed by atoms with Crippen LogP contribution in [-0.2, 0) is 25.9 Å². The summed E-state index contributed by atoms with van der Waals surface area (Å²) < 4.78 is 23.6. The molecule has 0 aliphatic carbocycles. The van der Waals surface area contributed by atoms with Crippen molar-refractivity contribution in [1.82, 2.24) is 9.80 Å². The lowest BCUT2D eigenvalue weighted by atomic mass is 9.94. The van der Waals surface area contributed by atoms with Gasteiger partial charge < -0.3 is 29.0 Å². The molecular weight excluding hydrogens is 620 g/mol. The third-order valence-electron chi connectivity index (χ3n) is 9.87. The summed E-state index contributed by atoms with van der Waals surface area (Å²) in [7, 11) is 3.16. The SMILES string of the molecule is COc1cc2c(cc1OCCCOc1cc3c(cc1OC)C(O)N1Cc4ccccc4CC1C=N3)N=CC1Cc3ccccc3CN1C2=O. The summed E-state index contributed by atoms with van der Waals surface area (Å²) in [4.78, 5) is 27.1. The van der Waals surface area contributed by atoms with Crippen LogP contribution < -0.4 is 18.9 Å². The number of benzene rings is 4. The number of ether oxygens (including phenoxy) is 4. The van der Waals surface area contributed by atoms with Crippen LogP contribution in [0.1, 0.15) is 50.8 Å². The van der Waals surface area contributed by atoms with Gasteiger partial charge in [0.05, 0.1) is 56.5 Å². The number of hydrogen-bond donors (Lipinski definition) is 1. The number of aliphatic imine (C=N–C) groups is 2. The minimum Gasteiger partial charge on any atom is -0.493 e. The number of hydrogen-bond acceptors (Lipinski definition) is 9.